The van der Waals surface area contributed by atoms with Gasteiger partial charge in [-0.3, -0.25) is 19.3 Å². The van der Waals surface area contributed by atoms with Gasteiger partial charge in [0.2, 0.25) is 0 Å². The molecule has 4 aromatic rings. The predicted octanol–water partition coefficient (Wildman–Crippen LogP) is 6.75. The highest BCUT2D eigenvalue weighted by Gasteiger charge is 2.37. The van der Waals surface area contributed by atoms with Crippen LogP contribution in [0, 0.1) is 5.92 Å². The van der Waals surface area contributed by atoms with Crippen LogP contribution in [0.3, 0.4) is 0 Å². The van der Waals surface area contributed by atoms with Crippen molar-refractivity contribution in [1.29, 1.82) is 0 Å². The summed E-state index contributed by atoms with van der Waals surface area (Å²) in [4.78, 5) is 41.5. The van der Waals surface area contributed by atoms with Gasteiger partial charge in [-0.25, -0.2) is 0 Å². The molecule has 5 rings (SSSR count). The Labute approximate surface area is 246 Å². The van der Waals surface area contributed by atoms with E-state index in [9.17, 15) is 27.6 Å². The fraction of sp³-hybridized carbons (Fsp3) is 0.303. The van der Waals surface area contributed by atoms with Crippen molar-refractivity contribution >= 4 is 22.6 Å². The predicted molar refractivity (Wildman–Crippen MR) is 155 cm³/mol. The molecule has 3 aromatic carbocycles. The molecule has 10 heteroatoms. The van der Waals surface area contributed by atoms with Crippen molar-refractivity contribution in [3.63, 3.8) is 0 Å². The summed E-state index contributed by atoms with van der Waals surface area (Å²) >= 11 is 0. The van der Waals surface area contributed by atoms with E-state index >= 15 is 0 Å². The van der Waals surface area contributed by atoms with Crippen molar-refractivity contribution in [2.75, 3.05) is 6.61 Å². The zero-order chi connectivity index (χ0) is 30.7. The number of hydrogen-bond donors (Lipinski definition) is 0. The van der Waals surface area contributed by atoms with Gasteiger partial charge in [-0.2, -0.15) is 13.2 Å². The minimum atomic E-state index is -4.36. The monoisotopic (exact) mass is 592 g/mol. The lowest BCUT2D eigenvalue weighted by molar-refractivity contribution is -0.136. The molecule has 0 aliphatic carbocycles. The molecule has 1 aliphatic rings. The summed E-state index contributed by atoms with van der Waals surface area (Å²) in [6, 6.07) is 20.8. The second-order valence-electron chi connectivity index (χ2n) is 10.9. The highest BCUT2D eigenvalue weighted by atomic mass is 19.4. The molecule has 1 aliphatic heterocycles. The average Bonchev–Trinajstić information content (AvgIpc) is 3.22. The Morgan fingerprint density at radius 1 is 0.814 bits per heavy atom. The number of imide groups is 1. The number of aromatic nitrogens is 1. The Morgan fingerprint density at radius 2 is 1.47 bits per heavy atom. The fourth-order valence-corrected chi connectivity index (χ4v) is 5.13. The molecule has 43 heavy (non-hydrogen) atoms. The van der Waals surface area contributed by atoms with E-state index in [2.05, 4.69) is 0 Å². The van der Waals surface area contributed by atoms with Crippen LogP contribution >= 0.6 is 0 Å². The number of nitrogens with zero attached hydrogens (tertiary/aromatic N) is 2. The van der Waals surface area contributed by atoms with Crippen LogP contribution in [0.25, 0.3) is 10.8 Å². The topological polar surface area (TPSA) is 77.8 Å². The molecule has 224 valence electrons. The van der Waals surface area contributed by atoms with Gasteiger partial charge in [0, 0.05) is 18.4 Å². The maximum absolute atomic E-state index is 13.9. The minimum Gasteiger partial charge on any atom is -0.491 e. The molecule has 0 fully saturated rings. The molecule has 0 N–H and O–H groups in total. The standard InChI is InChI=1S/C33H31F3N2O5/c1-21(2)18-37-28(19-38-31(40)24-11-6-7-12-25(24)32(38)41)29(42-16-8-15-33(34,35)36)27-17-23(13-14-26(27)30(37)39)43-20-22-9-4-3-5-10-22/h3-7,9-14,17,21H,8,15-16,18-20H2,1-2H3. The van der Waals surface area contributed by atoms with Gasteiger partial charge in [-0.1, -0.05) is 56.3 Å². The van der Waals surface area contributed by atoms with Crippen molar-refractivity contribution in [2.45, 2.75) is 52.6 Å². The number of halogens is 3. The largest absolute Gasteiger partial charge is 0.491 e. The van der Waals surface area contributed by atoms with Crippen LogP contribution in [0.4, 0.5) is 13.2 Å². The molecular formula is C33H31F3N2O5. The Bertz CT molecular complexity index is 1680. The number of alkyl halides is 3. The summed E-state index contributed by atoms with van der Waals surface area (Å²) in [5, 5.41) is 0.610. The number of ether oxygens (including phenoxy) is 2. The van der Waals surface area contributed by atoms with Gasteiger partial charge in [-0.15, -0.1) is 0 Å². The summed E-state index contributed by atoms with van der Waals surface area (Å²) in [6.07, 6.45) is -5.72. The van der Waals surface area contributed by atoms with Crippen molar-refractivity contribution in [3.8, 4) is 11.5 Å². The number of carbonyl (C=O) groups excluding carboxylic acids is 2. The number of pyridine rings is 1. The molecule has 0 saturated carbocycles. The smallest absolute Gasteiger partial charge is 0.389 e. The van der Waals surface area contributed by atoms with E-state index in [1.165, 1.54) is 4.57 Å². The van der Waals surface area contributed by atoms with Gasteiger partial charge < -0.3 is 14.0 Å². The van der Waals surface area contributed by atoms with Gasteiger partial charge in [0.05, 0.1) is 35.4 Å². The fourth-order valence-electron chi connectivity index (χ4n) is 5.13. The summed E-state index contributed by atoms with van der Waals surface area (Å²) in [7, 11) is 0. The SMILES string of the molecule is CC(C)Cn1c(CN2C(=O)c3ccccc3C2=O)c(OCCCC(F)(F)F)c2cc(OCc3ccccc3)ccc2c1=O. The molecule has 0 radical (unpaired) electrons. The first-order valence-corrected chi connectivity index (χ1v) is 14.0. The summed E-state index contributed by atoms with van der Waals surface area (Å²) in [6.45, 7) is 3.71. The Kier molecular flexibility index (Phi) is 8.57. The summed E-state index contributed by atoms with van der Waals surface area (Å²) in [5.74, 6) is -0.495. The van der Waals surface area contributed by atoms with E-state index in [0.29, 0.717) is 11.1 Å². The van der Waals surface area contributed by atoms with Gasteiger partial charge in [-0.05, 0) is 48.2 Å². The van der Waals surface area contributed by atoms with Crippen molar-refractivity contribution in [1.82, 2.24) is 9.47 Å². The zero-order valence-electron chi connectivity index (χ0n) is 23.8. The van der Waals surface area contributed by atoms with Crippen LogP contribution in [0.5, 0.6) is 11.5 Å². The number of carbonyl (C=O) groups is 2. The molecule has 2 heterocycles. The number of fused-ring (bicyclic) bond motifs is 2. The molecule has 2 amide bonds. The molecule has 1 aromatic heterocycles. The first-order chi connectivity index (χ1) is 20.5. The van der Waals surface area contributed by atoms with E-state index in [1.54, 1.807) is 42.5 Å². The third-order valence-corrected chi connectivity index (χ3v) is 7.13. The van der Waals surface area contributed by atoms with Gasteiger partial charge in [0.15, 0.2) is 0 Å². The minimum absolute atomic E-state index is 0.0114. The van der Waals surface area contributed by atoms with Gasteiger partial charge in [0.1, 0.15) is 18.1 Å². The van der Waals surface area contributed by atoms with Crippen LogP contribution in [-0.4, -0.2) is 34.1 Å². The summed E-state index contributed by atoms with van der Waals surface area (Å²) in [5.41, 5.74) is 1.27. The van der Waals surface area contributed by atoms with Crippen LogP contribution in [0.2, 0.25) is 0 Å². The van der Waals surface area contributed by atoms with Crippen LogP contribution < -0.4 is 15.0 Å². The maximum atomic E-state index is 13.9. The lowest BCUT2D eigenvalue weighted by atomic mass is 10.1. The van der Waals surface area contributed by atoms with Crippen LogP contribution in [0.15, 0.2) is 77.6 Å². The Hall–Kier alpha value is -4.60. The number of rotatable bonds is 11. The lowest BCUT2D eigenvalue weighted by Gasteiger charge is -2.24. The first kappa shape index (κ1) is 29.9. The zero-order valence-corrected chi connectivity index (χ0v) is 23.8. The number of hydrogen-bond acceptors (Lipinski definition) is 5. The van der Waals surface area contributed by atoms with Crippen molar-refractivity contribution in [2.24, 2.45) is 5.92 Å². The third-order valence-electron chi connectivity index (χ3n) is 7.13. The molecular weight excluding hydrogens is 561 g/mol. The lowest BCUT2D eigenvalue weighted by Crippen LogP contribution is -2.34. The van der Waals surface area contributed by atoms with E-state index in [-0.39, 0.29) is 72.2 Å². The van der Waals surface area contributed by atoms with E-state index in [1.807, 2.05) is 44.2 Å². The van der Waals surface area contributed by atoms with Gasteiger partial charge in [0.25, 0.3) is 17.4 Å². The van der Waals surface area contributed by atoms with Crippen molar-refractivity contribution in [3.05, 3.63) is 106 Å². The quantitative estimate of drug-likeness (QED) is 0.142. The molecule has 0 bridgehead atoms. The first-order valence-electron chi connectivity index (χ1n) is 14.0. The van der Waals surface area contributed by atoms with E-state index in [4.69, 9.17) is 9.47 Å². The van der Waals surface area contributed by atoms with Crippen LogP contribution in [-0.2, 0) is 19.7 Å². The Morgan fingerprint density at radius 3 is 2.09 bits per heavy atom. The van der Waals surface area contributed by atoms with Gasteiger partial charge >= 0.3 is 6.18 Å². The average molecular weight is 593 g/mol. The van der Waals surface area contributed by atoms with Crippen molar-refractivity contribution < 1.29 is 32.2 Å². The second kappa shape index (κ2) is 12.3. The van der Waals surface area contributed by atoms with Crippen LogP contribution in [0.1, 0.15) is 58.7 Å². The third kappa shape index (κ3) is 6.58. The van der Waals surface area contributed by atoms with E-state index < -0.39 is 24.4 Å². The summed E-state index contributed by atoms with van der Waals surface area (Å²) < 4.78 is 52.3. The number of benzene rings is 3. The molecule has 7 nitrogen and oxygen atoms in total. The second-order valence-corrected chi connectivity index (χ2v) is 10.9. The van der Waals surface area contributed by atoms with E-state index in [0.717, 1.165) is 10.5 Å². The molecule has 0 spiro atoms. The molecule has 0 atom stereocenters. The highest BCUT2D eigenvalue weighted by molar-refractivity contribution is 6.21. The maximum Gasteiger partial charge on any atom is 0.389 e. The normalized spacial score (nSPS) is 13.2. The number of amides is 2. The molecule has 0 saturated heterocycles. The highest BCUT2D eigenvalue weighted by Crippen LogP contribution is 2.35. The Balaban J connectivity index is 1.61. The molecule has 0 unspecified atom stereocenters.